The van der Waals surface area contributed by atoms with E-state index < -0.39 is 17.6 Å². The molecule has 0 aliphatic carbocycles. The predicted octanol–water partition coefficient (Wildman–Crippen LogP) is 5.96. The van der Waals surface area contributed by atoms with Crippen molar-refractivity contribution in [3.8, 4) is 11.5 Å². The smallest absolute Gasteiger partial charge is 0.417 e. The number of carbonyl (C=O) groups excluding carboxylic acids is 1. The van der Waals surface area contributed by atoms with Crippen molar-refractivity contribution >= 4 is 17.2 Å². The minimum atomic E-state index is -4.53. The van der Waals surface area contributed by atoms with E-state index in [0.717, 1.165) is 12.3 Å². The highest BCUT2D eigenvalue weighted by molar-refractivity contribution is 6.05. The van der Waals surface area contributed by atoms with Crippen molar-refractivity contribution in [2.45, 2.75) is 19.5 Å². The Morgan fingerprint density at radius 2 is 1.74 bits per heavy atom. The standard InChI is InChI=1S/C23H18F3N3O2/c1-2-17-21(29-14-15(23(24,25)26)12-13-20(29)27-17)22(30)28-18-10-6-7-11-19(18)31-16-8-4-3-5-9-16/h3-14H,2H2,1H3,(H,28,30). The fourth-order valence-corrected chi connectivity index (χ4v) is 3.20. The number of halogens is 3. The molecule has 2 aromatic heterocycles. The number of aryl methyl sites for hydroxylation is 1. The number of nitrogens with one attached hydrogen (secondary N) is 1. The largest absolute Gasteiger partial charge is 0.455 e. The van der Waals surface area contributed by atoms with E-state index in [1.54, 1.807) is 43.3 Å². The quantitative estimate of drug-likeness (QED) is 0.429. The average molecular weight is 425 g/mol. The lowest BCUT2D eigenvalue weighted by molar-refractivity contribution is -0.137. The first kappa shape index (κ1) is 20.5. The summed E-state index contributed by atoms with van der Waals surface area (Å²) in [5.74, 6) is 0.417. The number of alkyl halides is 3. The lowest BCUT2D eigenvalue weighted by Gasteiger charge is -2.13. The Balaban J connectivity index is 1.71. The summed E-state index contributed by atoms with van der Waals surface area (Å²) in [6.45, 7) is 1.79. The van der Waals surface area contributed by atoms with Crippen LogP contribution in [0.1, 0.15) is 28.7 Å². The maximum absolute atomic E-state index is 13.2. The van der Waals surface area contributed by atoms with Gasteiger partial charge in [-0.15, -0.1) is 0 Å². The zero-order valence-corrected chi connectivity index (χ0v) is 16.5. The Bertz CT molecular complexity index is 1230. The molecular formula is C23H18F3N3O2. The molecule has 0 saturated carbocycles. The average Bonchev–Trinajstić information content (AvgIpc) is 3.13. The molecule has 0 bridgehead atoms. The van der Waals surface area contributed by atoms with Crippen molar-refractivity contribution < 1.29 is 22.7 Å². The van der Waals surface area contributed by atoms with Crippen molar-refractivity contribution in [2.24, 2.45) is 0 Å². The Kier molecular flexibility index (Phi) is 5.37. The molecule has 0 spiro atoms. The molecule has 1 N–H and O–H groups in total. The molecule has 0 fully saturated rings. The van der Waals surface area contributed by atoms with Crippen molar-refractivity contribution in [2.75, 3.05) is 5.32 Å². The van der Waals surface area contributed by atoms with Gasteiger partial charge in [-0.05, 0) is 42.8 Å². The predicted molar refractivity (Wildman–Crippen MR) is 110 cm³/mol. The molecule has 8 heteroatoms. The topological polar surface area (TPSA) is 55.6 Å². The number of amides is 1. The number of pyridine rings is 1. The fourth-order valence-electron chi connectivity index (χ4n) is 3.20. The highest BCUT2D eigenvalue weighted by Gasteiger charge is 2.32. The number of hydrogen-bond donors (Lipinski definition) is 1. The van der Waals surface area contributed by atoms with Gasteiger partial charge in [0.15, 0.2) is 5.75 Å². The number of nitrogens with zero attached hydrogens (tertiary/aromatic N) is 2. The number of rotatable bonds is 5. The highest BCUT2D eigenvalue weighted by Crippen LogP contribution is 2.32. The van der Waals surface area contributed by atoms with Crippen LogP contribution in [0, 0.1) is 0 Å². The fraction of sp³-hybridized carbons (Fsp3) is 0.130. The van der Waals surface area contributed by atoms with Gasteiger partial charge in [0.2, 0.25) is 0 Å². The summed E-state index contributed by atoms with van der Waals surface area (Å²) >= 11 is 0. The molecule has 2 heterocycles. The number of ether oxygens (including phenoxy) is 1. The maximum atomic E-state index is 13.2. The van der Waals surface area contributed by atoms with Crippen LogP contribution in [0.4, 0.5) is 18.9 Å². The molecular weight excluding hydrogens is 407 g/mol. The van der Waals surface area contributed by atoms with Crippen LogP contribution in [-0.4, -0.2) is 15.3 Å². The van der Waals surface area contributed by atoms with E-state index in [9.17, 15) is 18.0 Å². The zero-order chi connectivity index (χ0) is 22.0. The van der Waals surface area contributed by atoms with E-state index >= 15 is 0 Å². The van der Waals surface area contributed by atoms with Gasteiger partial charge in [0, 0.05) is 6.20 Å². The number of hydrogen-bond acceptors (Lipinski definition) is 3. The first-order chi connectivity index (χ1) is 14.9. The first-order valence-corrected chi connectivity index (χ1v) is 9.58. The van der Waals surface area contributed by atoms with Crippen molar-refractivity contribution in [1.29, 1.82) is 0 Å². The highest BCUT2D eigenvalue weighted by atomic mass is 19.4. The molecule has 0 unspecified atom stereocenters. The van der Waals surface area contributed by atoms with Gasteiger partial charge in [-0.2, -0.15) is 13.2 Å². The molecule has 4 rings (SSSR count). The van der Waals surface area contributed by atoms with Crippen LogP contribution in [0.15, 0.2) is 72.9 Å². The van der Waals surface area contributed by atoms with Gasteiger partial charge in [-0.25, -0.2) is 4.98 Å². The van der Waals surface area contributed by atoms with E-state index in [4.69, 9.17) is 4.74 Å². The summed E-state index contributed by atoms with van der Waals surface area (Å²) < 4.78 is 46.6. The Morgan fingerprint density at radius 1 is 1.03 bits per heavy atom. The molecule has 0 aliphatic rings. The molecule has 0 aliphatic heterocycles. The van der Waals surface area contributed by atoms with Gasteiger partial charge in [0.25, 0.3) is 5.91 Å². The van der Waals surface area contributed by atoms with Crippen LogP contribution in [0.25, 0.3) is 5.65 Å². The van der Waals surface area contributed by atoms with Crippen LogP contribution < -0.4 is 10.1 Å². The maximum Gasteiger partial charge on any atom is 0.417 e. The third-order valence-electron chi connectivity index (χ3n) is 4.67. The summed E-state index contributed by atoms with van der Waals surface area (Å²) in [5, 5.41) is 2.75. The van der Waals surface area contributed by atoms with Crippen molar-refractivity contribution in [1.82, 2.24) is 9.38 Å². The van der Waals surface area contributed by atoms with Gasteiger partial charge < -0.3 is 10.1 Å². The van der Waals surface area contributed by atoms with Crippen molar-refractivity contribution in [3.05, 3.63) is 89.9 Å². The number of anilines is 1. The number of para-hydroxylation sites is 3. The second-order valence-electron chi connectivity index (χ2n) is 6.77. The van der Waals surface area contributed by atoms with Gasteiger partial charge >= 0.3 is 6.18 Å². The summed E-state index contributed by atoms with van der Waals surface area (Å²) in [7, 11) is 0. The second kappa shape index (κ2) is 8.14. The van der Waals surface area contributed by atoms with E-state index in [1.807, 2.05) is 18.2 Å². The Labute approximate surface area is 176 Å². The molecule has 158 valence electrons. The number of carbonyl (C=O) groups is 1. The van der Waals surface area contributed by atoms with Crippen LogP contribution in [0.5, 0.6) is 11.5 Å². The minimum absolute atomic E-state index is 0.0538. The summed E-state index contributed by atoms with van der Waals surface area (Å²) in [4.78, 5) is 17.4. The number of benzene rings is 2. The third-order valence-corrected chi connectivity index (χ3v) is 4.67. The lowest BCUT2D eigenvalue weighted by atomic mass is 10.2. The number of aromatic nitrogens is 2. The second-order valence-corrected chi connectivity index (χ2v) is 6.77. The number of imidazole rings is 1. The normalized spacial score (nSPS) is 11.5. The molecule has 0 atom stereocenters. The lowest BCUT2D eigenvalue weighted by Crippen LogP contribution is -2.17. The third kappa shape index (κ3) is 4.23. The molecule has 31 heavy (non-hydrogen) atoms. The molecule has 2 aromatic carbocycles. The van der Waals surface area contributed by atoms with Crippen molar-refractivity contribution in [3.63, 3.8) is 0 Å². The van der Waals surface area contributed by atoms with Crippen LogP contribution in [-0.2, 0) is 12.6 Å². The number of fused-ring (bicyclic) bond motifs is 1. The summed E-state index contributed by atoms with van der Waals surface area (Å²) in [5.41, 5.74) is 0.252. The van der Waals surface area contributed by atoms with Crippen LogP contribution >= 0.6 is 0 Å². The van der Waals surface area contributed by atoms with Gasteiger partial charge in [0.05, 0.1) is 16.9 Å². The van der Waals surface area contributed by atoms with E-state index in [0.29, 0.717) is 29.3 Å². The van der Waals surface area contributed by atoms with Crippen LogP contribution in [0.2, 0.25) is 0 Å². The zero-order valence-electron chi connectivity index (χ0n) is 16.5. The molecule has 5 nitrogen and oxygen atoms in total. The minimum Gasteiger partial charge on any atom is -0.455 e. The Morgan fingerprint density at radius 3 is 2.45 bits per heavy atom. The van der Waals surface area contributed by atoms with E-state index in [2.05, 4.69) is 10.3 Å². The monoisotopic (exact) mass is 425 g/mol. The van der Waals surface area contributed by atoms with Gasteiger partial charge in [-0.3, -0.25) is 9.20 Å². The summed E-state index contributed by atoms with van der Waals surface area (Å²) in [6.07, 6.45) is -3.26. The molecule has 0 saturated heterocycles. The first-order valence-electron chi connectivity index (χ1n) is 9.58. The molecule has 4 aromatic rings. The Hall–Kier alpha value is -3.81. The van der Waals surface area contributed by atoms with Crippen LogP contribution in [0.3, 0.4) is 0 Å². The molecule has 0 radical (unpaired) electrons. The van der Waals surface area contributed by atoms with E-state index in [1.165, 1.54) is 10.5 Å². The van der Waals surface area contributed by atoms with Gasteiger partial charge in [-0.1, -0.05) is 37.3 Å². The van der Waals surface area contributed by atoms with E-state index in [-0.39, 0.29) is 11.3 Å². The summed E-state index contributed by atoms with van der Waals surface area (Å²) in [6, 6.07) is 18.1. The SMILES string of the molecule is CCc1nc2ccc(C(F)(F)F)cn2c1C(=O)Nc1ccccc1Oc1ccccc1. The van der Waals surface area contributed by atoms with Gasteiger partial charge in [0.1, 0.15) is 17.1 Å². The molecule has 1 amide bonds.